The van der Waals surface area contributed by atoms with Crippen molar-refractivity contribution in [1.29, 1.82) is 0 Å². The molecule has 2 N–H and O–H groups in total. The van der Waals surface area contributed by atoms with Gasteiger partial charge in [0.25, 0.3) is 0 Å². The minimum absolute atomic E-state index is 0.0937. The molecule has 1 fully saturated rings. The van der Waals surface area contributed by atoms with Gasteiger partial charge in [-0.25, -0.2) is 9.59 Å². The second-order valence-corrected chi connectivity index (χ2v) is 5.73. The predicted molar refractivity (Wildman–Crippen MR) is 82.0 cm³/mol. The zero-order chi connectivity index (χ0) is 15.6. The largest absolute Gasteiger partial charge is 0.478 e. The van der Waals surface area contributed by atoms with Crippen molar-refractivity contribution in [3.63, 3.8) is 0 Å². The zero-order valence-corrected chi connectivity index (χ0v) is 12.9. The Kier molecular flexibility index (Phi) is 4.73. The highest BCUT2D eigenvalue weighted by Crippen LogP contribution is 2.29. The van der Waals surface area contributed by atoms with Crippen LogP contribution >= 0.6 is 11.6 Å². The van der Waals surface area contributed by atoms with Gasteiger partial charge < -0.3 is 15.3 Å². The van der Waals surface area contributed by atoms with Crippen LogP contribution in [0.4, 0.5) is 10.5 Å². The summed E-state index contributed by atoms with van der Waals surface area (Å²) in [5, 5.41) is 12.1. The Morgan fingerprint density at radius 1 is 1.43 bits per heavy atom. The molecule has 0 spiro atoms. The second-order valence-electron chi connectivity index (χ2n) is 5.33. The fourth-order valence-corrected chi connectivity index (χ4v) is 2.94. The molecule has 2 amide bonds. The number of anilines is 1. The Balaban J connectivity index is 2.19. The van der Waals surface area contributed by atoms with Gasteiger partial charge in [-0.1, -0.05) is 18.5 Å². The number of carbonyl (C=O) groups is 2. The third kappa shape index (κ3) is 3.29. The van der Waals surface area contributed by atoms with Crippen molar-refractivity contribution in [2.24, 2.45) is 0 Å². The van der Waals surface area contributed by atoms with Gasteiger partial charge in [0.1, 0.15) is 0 Å². The van der Waals surface area contributed by atoms with Crippen LogP contribution in [0.15, 0.2) is 18.2 Å². The normalized spacial score (nSPS) is 21.4. The van der Waals surface area contributed by atoms with Crippen LogP contribution in [0.5, 0.6) is 0 Å². The average molecular weight is 311 g/mol. The van der Waals surface area contributed by atoms with Gasteiger partial charge in [-0.2, -0.15) is 0 Å². The van der Waals surface area contributed by atoms with Gasteiger partial charge in [-0.15, -0.1) is 0 Å². The molecule has 2 unspecified atom stereocenters. The zero-order valence-electron chi connectivity index (χ0n) is 12.1. The summed E-state index contributed by atoms with van der Waals surface area (Å²) in [5.41, 5.74) is 0.423. The molecular weight excluding hydrogens is 292 g/mol. The summed E-state index contributed by atoms with van der Waals surface area (Å²) in [6.07, 6.45) is 2.88. The van der Waals surface area contributed by atoms with Crippen LogP contribution in [-0.2, 0) is 0 Å². The molecule has 1 heterocycles. The number of hydrogen-bond acceptors (Lipinski definition) is 2. The fraction of sp³-hybridized carbons (Fsp3) is 0.467. The van der Waals surface area contributed by atoms with E-state index in [0.29, 0.717) is 10.7 Å². The van der Waals surface area contributed by atoms with Gasteiger partial charge in [-0.05, 0) is 44.4 Å². The number of amides is 2. The summed E-state index contributed by atoms with van der Waals surface area (Å²) >= 11 is 6.03. The molecule has 1 aliphatic heterocycles. The molecule has 5 nitrogen and oxygen atoms in total. The smallest absolute Gasteiger partial charge is 0.335 e. The van der Waals surface area contributed by atoms with Crippen molar-refractivity contribution >= 4 is 29.3 Å². The Labute approximate surface area is 128 Å². The third-order valence-corrected chi connectivity index (χ3v) is 4.28. The SMILES string of the molecule is CCC1CCC(C)N1C(=O)Nc1cc(C(=O)O)ccc1Cl. The van der Waals surface area contributed by atoms with Gasteiger partial charge in [0.2, 0.25) is 0 Å². The van der Waals surface area contributed by atoms with Gasteiger partial charge in [0.15, 0.2) is 0 Å². The van der Waals surface area contributed by atoms with Crippen LogP contribution in [0.3, 0.4) is 0 Å². The number of carboxylic acids is 1. The third-order valence-electron chi connectivity index (χ3n) is 3.95. The minimum atomic E-state index is -1.05. The van der Waals surface area contributed by atoms with E-state index in [-0.39, 0.29) is 23.7 Å². The van der Waals surface area contributed by atoms with Crippen LogP contribution in [0.25, 0.3) is 0 Å². The van der Waals surface area contributed by atoms with E-state index in [1.807, 2.05) is 11.8 Å². The summed E-state index contributed by atoms with van der Waals surface area (Å²) in [6.45, 7) is 4.07. The van der Waals surface area contributed by atoms with Crippen LogP contribution in [0.2, 0.25) is 5.02 Å². The van der Waals surface area contributed by atoms with E-state index in [4.69, 9.17) is 16.7 Å². The number of likely N-dealkylation sites (tertiary alicyclic amines) is 1. The molecule has 0 aromatic heterocycles. The van der Waals surface area contributed by atoms with E-state index in [0.717, 1.165) is 19.3 Å². The summed E-state index contributed by atoms with van der Waals surface area (Å²) in [7, 11) is 0. The average Bonchev–Trinajstić information content (AvgIpc) is 2.82. The van der Waals surface area contributed by atoms with Crippen LogP contribution in [0.1, 0.15) is 43.5 Å². The van der Waals surface area contributed by atoms with Gasteiger partial charge >= 0.3 is 12.0 Å². The van der Waals surface area contributed by atoms with Crippen LogP contribution < -0.4 is 5.32 Å². The van der Waals surface area contributed by atoms with Crippen molar-refractivity contribution in [1.82, 2.24) is 4.90 Å². The lowest BCUT2D eigenvalue weighted by Crippen LogP contribution is -2.42. The number of halogens is 1. The lowest BCUT2D eigenvalue weighted by atomic mass is 10.1. The molecule has 0 saturated carbocycles. The molecule has 6 heteroatoms. The number of benzene rings is 1. The quantitative estimate of drug-likeness (QED) is 0.891. The number of nitrogens with one attached hydrogen (secondary N) is 1. The van der Waals surface area contributed by atoms with Gasteiger partial charge in [0, 0.05) is 12.1 Å². The topological polar surface area (TPSA) is 69.6 Å². The number of urea groups is 1. The van der Waals surface area contributed by atoms with Crippen molar-refractivity contribution < 1.29 is 14.7 Å². The highest BCUT2D eigenvalue weighted by atomic mass is 35.5. The number of nitrogens with zero attached hydrogens (tertiary/aromatic N) is 1. The maximum absolute atomic E-state index is 12.4. The Morgan fingerprint density at radius 2 is 2.14 bits per heavy atom. The molecule has 0 radical (unpaired) electrons. The first-order chi connectivity index (χ1) is 9.93. The lowest BCUT2D eigenvalue weighted by molar-refractivity contribution is 0.0697. The summed E-state index contributed by atoms with van der Waals surface area (Å²) < 4.78 is 0. The minimum Gasteiger partial charge on any atom is -0.478 e. The van der Waals surface area contributed by atoms with Crippen molar-refractivity contribution in [3.05, 3.63) is 28.8 Å². The van der Waals surface area contributed by atoms with E-state index in [9.17, 15) is 9.59 Å². The number of hydrogen-bond donors (Lipinski definition) is 2. The van der Waals surface area contributed by atoms with Gasteiger partial charge in [0.05, 0.1) is 16.3 Å². The molecular formula is C15H19ClN2O3. The molecule has 1 aromatic rings. The van der Waals surface area contributed by atoms with E-state index in [1.54, 1.807) is 0 Å². The first-order valence-corrected chi connectivity index (χ1v) is 7.44. The van der Waals surface area contributed by atoms with Crippen molar-refractivity contribution in [2.75, 3.05) is 5.32 Å². The van der Waals surface area contributed by atoms with E-state index >= 15 is 0 Å². The Hall–Kier alpha value is -1.75. The molecule has 1 aliphatic rings. The highest BCUT2D eigenvalue weighted by molar-refractivity contribution is 6.33. The Bertz CT molecular complexity index is 562. The molecule has 2 rings (SSSR count). The van der Waals surface area contributed by atoms with Gasteiger partial charge in [-0.3, -0.25) is 0 Å². The predicted octanol–water partition coefficient (Wildman–Crippen LogP) is 3.83. The molecule has 2 atom stereocenters. The maximum Gasteiger partial charge on any atom is 0.335 e. The molecule has 114 valence electrons. The van der Waals surface area contributed by atoms with E-state index < -0.39 is 5.97 Å². The summed E-state index contributed by atoms with van der Waals surface area (Å²) in [4.78, 5) is 25.3. The fourth-order valence-electron chi connectivity index (χ4n) is 2.77. The number of carboxylic acid groups (broad SMARTS) is 1. The molecule has 1 saturated heterocycles. The first kappa shape index (κ1) is 15.6. The molecule has 0 bridgehead atoms. The molecule has 21 heavy (non-hydrogen) atoms. The summed E-state index contributed by atoms with van der Waals surface area (Å²) in [5.74, 6) is -1.05. The Morgan fingerprint density at radius 3 is 2.76 bits per heavy atom. The monoisotopic (exact) mass is 310 g/mol. The number of aromatic carboxylic acids is 1. The summed E-state index contributed by atoms with van der Waals surface area (Å²) in [6, 6.07) is 4.44. The molecule has 0 aliphatic carbocycles. The second kappa shape index (κ2) is 6.35. The number of carbonyl (C=O) groups excluding carboxylic acids is 1. The first-order valence-electron chi connectivity index (χ1n) is 7.06. The highest BCUT2D eigenvalue weighted by Gasteiger charge is 2.33. The lowest BCUT2D eigenvalue weighted by Gasteiger charge is -2.28. The van der Waals surface area contributed by atoms with Crippen LogP contribution in [0, 0.1) is 0 Å². The van der Waals surface area contributed by atoms with Crippen molar-refractivity contribution in [2.45, 2.75) is 45.2 Å². The standard InChI is InChI=1S/C15H19ClN2O3/c1-3-11-6-4-9(2)18(11)15(21)17-13-8-10(14(19)20)5-7-12(13)16/h5,7-9,11H,3-4,6H2,1-2H3,(H,17,21)(H,19,20). The molecule has 1 aromatic carbocycles. The maximum atomic E-state index is 12.4. The van der Waals surface area contributed by atoms with Crippen molar-refractivity contribution in [3.8, 4) is 0 Å². The van der Waals surface area contributed by atoms with E-state index in [1.165, 1.54) is 18.2 Å². The van der Waals surface area contributed by atoms with Crippen LogP contribution in [-0.4, -0.2) is 34.1 Å². The van der Waals surface area contributed by atoms with E-state index in [2.05, 4.69) is 12.2 Å². The number of rotatable bonds is 3.